The average Bonchev–Trinajstić information content (AvgIpc) is 1.82. The zero-order valence-corrected chi connectivity index (χ0v) is 8.29. The van der Waals surface area contributed by atoms with Crippen molar-refractivity contribution in [2.24, 2.45) is 0 Å². The van der Waals surface area contributed by atoms with E-state index in [1.54, 1.807) is 0 Å². The zero-order valence-electron chi connectivity index (χ0n) is 8.29. The lowest BCUT2D eigenvalue weighted by atomic mass is 10.1. The van der Waals surface area contributed by atoms with Gasteiger partial charge in [0, 0.05) is 11.1 Å². The molecule has 0 radical (unpaired) electrons. The van der Waals surface area contributed by atoms with Crippen molar-refractivity contribution in [3.8, 4) is 0 Å². The summed E-state index contributed by atoms with van der Waals surface area (Å²) < 4.78 is 12.5. The van der Waals surface area contributed by atoms with E-state index < -0.39 is 5.83 Å². The molecule has 0 unspecified atom stereocenters. The van der Waals surface area contributed by atoms with Crippen LogP contribution < -0.4 is 5.32 Å². The maximum absolute atomic E-state index is 12.5. The van der Waals surface area contributed by atoms with Crippen LogP contribution in [0, 0.1) is 0 Å². The van der Waals surface area contributed by atoms with E-state index in [1.807, 2.05) is 20.8 Å². The predicted octanol–water partition coefficient (Wildman–Crippen LogP) is 2.80. The number of nitrogens with one attached hydrogen (secondary N) is 1. The SMILES string of the molecule is C.C/C(F)=C(\C)C(=O)NC(C)(C)C. The minimum atomic E-state index is -0.434. The van der Waals surface area contributed by atoms with Gasteiger partial charge in [0.25, 0.3) is 0 Å². The van der Waals surface area contributed by atoms with Crippen molar-refractivity contribution in [2.75, 3.05) is 0 Å². The highest BCUT2D eigenvalue weighted by Crippen LogP contribution is 2.07. The molecule has 0 bridgehead atoms. The van der Waals surface area contributed by atoms with E-state index in [2.05, 4.69) is 5.32 Å². The second-order valence-electron chi connectivity index (χ2n) is 3.86. The van der Waals surface area contributed by atoms with Crippen molar-refractivity contribution in [3.05, 3.63) is 11.4 Å². The molecule has 0 aromatic heterocycles. The van der Waals surface area contributed by atoms with E-state index in [1.165, 1.54) is 13.8 Å². The molecule has 78 valence electrons. The number of carbonyl (C=O) groups is 1. The number of halogens is 1. The van der Waals surface area contributed by atoms with Gasteiger partial charge in [0.2, 0.25) is 5.91 Å². The first-order valence-corrected chi connectivity index (χ1v) is 3.89. The first-order valence-electron chi connectivity index (χ1n) is 3.89. The molecule has 0 heterocycles. The molecule has 0 saturated heterocycles. The van der Waals surface area contributed by atoms with Crippen molar-refractivity contribution in [1.82, 2.24) is 5.32 Å². The second-order valence-corrected chi connectivity index (χ2v) is 3.86. The molecule has 0 fully saturated rings. The molecule has 13 heavy (non-hydrogen) atoms. The zero-order chi connectivity index (χ0) is 9.94. The molecule has 2 nitrogen and oxygen atoms in total. The van der Waals surface area contributed by atoms with Gasteiger partial charge in [-0.05, 0) is 34.6 Å². The molecule has 0 saturated carbocycles. The maximum Gasteiger partial charge on any atom is 0.249 e. The van der Waals surface area contributed by atoms with Crippen molar-refractivity contribution < 1.29 is 9.18 Å². The topological polar surface area (TPSA) is 29.1 Å². The maximum atomic E-state index is 12.5. The van der Waals surface area contributed by atoms with E-state index in [0.29, 0.717) is 0 Å². The average molecular weight is 189 g/mol. The number of hydrogen-bond donors (Lipinski definition) is 1. The Hall–Kier alpha value is -0.860. The third kappa shape index (κ3) is 6.31. The highest BCUT2D eigenvalue weighted by Gasteiger charge is 2.15. The van der Waals surface area contributed by atoms with Crippen LogP contribution in [0.15, 0.2) is 11.4 Å². The standard InChI is InChI=1S/C9H16FNO.CH4/c1-6(7(2)10)8(12)11-9(3,4)5;/h1-5H3,(H,11,12);1H4/b7-6-;. The monoisotopic (exact) mass is 189 g/mol. The minimum absolute atomic E-state index is 0. The van der Waals surface area contributed by atoms with Crippen LogP contribution in [0.4, 0.5) is 4.39 Å². The summed E-state index contributed by atoms with van der Waals surface area (Å²) in [4.78, 5) is 11.2. The van der Waals surface area contributed by atoms with Gasteiger partial charge in [-0.3, -0.25) is 4.79 Å². The number of carbonyl (C=O) groups excluding carboxylic acids is 1. The van der Waals surface area contributed by atoms with Gasteiger partial charge >= 0.3 is 0 Å². The summed E-state index contributed by atoms with van der Waals surface area (Å²) in [6.07, 6.45) is 0. The molecule has 0 aliphatic carbocycles. The minimum Gasteiger partial charge on any atom is -0.348 e. The largest absolute Gasteiger partial charge is 0.348 e. The van der Waals surface area contributed by atoms with E-state index in [-0.39, 0.29) is 24.4 Å². The number of hydrogen-bond acceptors (Lipinski definition) is 1. The van der Waals surface area contributed by atoms with Gasteiger partial charge in [-0.1, -0.05) is 7.43 Å². The molecular weight excluding hydrogens is 169 g/mol. The van der Waals surface area contributed by atoms with Crippen LogP contribution in [0.5, 0.6) is 0 Å². The molecular formula is C10H20FNO. The van der Waals surface area contributed by atoms with E-state index >= 15 is 0 Å². The Bertz CT molecular complexity index is 209. The molecule has 0 rings (SSSR count). The van der Waals surface area contributed by atoms with E-state index in [0.717, 1.165) is 0 Å². The van der Waals surface area contributed by atoms with Crippen molar-refractivity contribution in [1.29, 1.82) is 0 Å². The van der Waals surface area contributed by atoms with Gasteiger partial charge in [-0.25, -0.2) is 4.39 Å². The Morgan fingerprint density at radius 3 is 1.85 bits per heavy atom. The molecule has 0 aliphatic rings. The lowest BCUT2D eigenvalue weighted by Gasteiger charge is -2.20. The first-order chi connectivity index (χ1) is 5.24. The lowest BCUT2D eigenvalue weighted by Crippen LogP contribution is -2.41. The Morgan fingerprint density at radius 2 is 1.62 bits per heavy atom. The van der Waals surface area contributed by atoms with Crippen molar-refractivity contribution in [3.63, 3.8) is 0 Å². The molecule has 0 spiro atoms. The molecule has 0 aromatic rings. The third-order valence-corrected chi connectivity index (χ3v) is 1.35. The fourth-order valence-electron chi connectivity index (χ4n) is 0.591. The van der Waals surface area contributed by atoms with Crippen LogP contribution in [-0.4, -0.2) is 11.4 Å². The van der Waals surface area contributed by atoms with Gasteiger partial charge in [-0.15, -0.1) is 0 Å². The van der Waals surface area contributed by atoms with E-state index in [9.17, 15) is 9.18 Å². The van der Waals surface area contributed by atoms with E-state index in [4.69, 9.17) is 0 Å². The Balaban J connectivity index is 0. The number of allylic oxidation sites excluding steroid dienone is 1. The summed E-state index contributed by atoms with van der Waals surface area (Å²) in [5.41, 5.74) is -0.168. The van der Waals surface area contributed by atoms with Crippen LogP contribution in [0.1, 0.15) is 42.0 Å². The highest BCUT2D eigenvalue weighted by atomic mass is 19.1. The van der Waals surface area contributed by atoms with Crippen LogP contribution in [0.3, 0.4) is 0 Å². The number of amides is 1. The summed E-state index contributed by atoms with van der Waals surface area (Å²) in [5, 5.41) is 2.66. The normalized spacial score (nSPS) is 12.8. The Morgan fingerprint density at radius 1 is 1.23 bits per heavy atom. The molecule has 1 amide bonds. The first kappa shape index (κ1) is 14.7. The molecule has 0 atom stereocenters. The molecule has 0 aliphatic heterocycles. The van der Waals surface area contributed by atoms with Crippen molar-refractivity contribution in [2.45, 2.75) is 47.6 Å². The molecule has 1 N–H and O–H groups in total. The molecule has 0 aromatic carbocycles. The summed E-state index contributed by atoms with van der Waals surface area (Å²) in [6.45, 7) is 8.30. The fourth-order valence-corrected chi connectivity index (χ4v) is 0.591. The summed E-state index contributed by atoms with van der Waals surface area (Å²) >= 11 is 0. The Labute approximate surface area is 80.2 Å². The predicted molar refractivity (Wildman–Crippen MR) is 54.1 cm³/mol. The summed E-state index contributed by atoms with van der Waals surface area (Å²) in [7, 11) is 0. The fraction of sp³-hybridized carbons (Fsp3) is 0.700. The Kier molecular flexibility index (Phi) is 5.63. The summed E-state index contributed by atoms with van der Waals surface area (Å²) in [6, 6.07) is 0. The quantitative estimate of drug-likeness (QED) is 0.631. The second kappa shape index (κ2) is 5.00. The highest BCUT2D eigenvalue weighted by molar-refractivity contribution is 5.93. The van der Waals surface area contributed by atoms with Gasteiger partial charge in [0.15, 0.2) is 0 Å². The van der Waals surface area contributed by atoms with Crippen molar-refractivity contribution >= 4 is 5.91 Å². The smallest absolute Gasteiger partial charge is 0.249 e. The van der Waals surface area contributed by atoms with Gasteiger partial charge in [0.1, 0.15) is 5.83 Å². The third-order valence-electron chi connectivity index (χ3n) is 1.35. The molecule has 3 heteroatoms. The van der Waals surface area contributed by atoms with Crippen LogP contribution in [-0.2, 0) is 4.79 Å². The van der Waals surface area contributed by atoms with Gasteiger partial charge < -0.3 is 5.32 Å². The summed E-state index contributed by atoms with van der Waals surface area (Å²) in [5.74, 6) is -0.778. The lowest BCUT2D eigenvalue weighted by molar-refractivity contribution is -0.118. The van der Waals surface area contributed by atoms with Crippen LogP contribution in [0.25, 0.3) is 0 Å². The van der Waals surface area contributed by atoms with Gasteiger partial charge in [-0.2, -0.15) is 0 Å². The van der Waals surface area contributed by atoms with Crippen LogP contribution in [0.2, 0.25) is 0 Å². The van der Waals surface area contributed by atoms with Gasteiger partial charge in [0.05, 0.1) is 0 Å². The number of rotatable bonds is 1. The van der Waals surface area contributed by atoms with Crippen LogP contribution >= 0.6 is 0 Å².